The smallest absolute Gasteiger partial charge is 0.222 e. The molecule has 2 heterocycles. The van der Waals surface area contributed by atoms with Crippen LogP contribution in [0.1, 0.15) is 31.2 Å². The predicted molar refractivity (Wildman–Crippen MR) is 101 cm³/mol. The highest BCUT2D eigenvalue weighted by molar-refractivity contribution is 6.30. The molecule has 0 aromatic heterocycles. The van der Waals surface area contributed by atoms with Gasteiger partial charge in [-0.2, -0.15) is 0 Å². The van der Waals surface area contributed by atoms with Crippen LogP contribution in [-0.4, -0.2) is 61.6 Å². The van der Waals surface area contributed by atoms with Gasteiger partial charge < -0.3 is 9.64 Å². The molecule has 2 saturated heterocycles. The molecule has 1 aromatic rings. The molecule has 1 aromatic carbocycles. The Hall–Kier alpha value is -1.10. The Morgan fingerprint density at radius 2 is 1.92 bits per heavy atom. The van der Waals surface area contributed by atoms with Gasteiger partial charge in [0.2, 0.25) is 5.91 Å². The van der Waals surface area contributed by atoms with E-state index in [4.69, 9.17) is 16.3 Å². The van der Waals surface area contributed by atoms with Gasteiger partial charge in [-0.15, -0.1) is 0 Å². The molecule has 0 unspecified atom stereocenters. The van der Waals surface area contributed by atoms with E-state index < -0.39 is 0 Å². The number of nitrogens with zero attached hydrogens (tertiary/aromatic N) is 2. The van der Waals surface area contributed by atoms with E-state index in [-0.39, 0.29) is 0 Å². The Balaban J connectivity index is 1.33. The number of amides is 1. The van der Waals surface area contributed by atoms with Crippen LogP contribution in [0.4, 0.5) is 0 Å². The van der Waals surface area contributed by atoms with Crippen LogP contribution in [0.5, 0.6) is 0 Å². The zero-order valence-corrected chi connectivity index (χ0v) is 15.7. The van der Waals surface area contributed by atoms with Crippen LogP contribution in [0.15, 0.2) is 24.3 Å². The number of ether oxygens (including phenoxy) is 1. The van der Waals surface area contributed by atoms with Gasteiger partial charge in [-0.05, 0) is 49.3 Å². The first-order valence-corrected chi connectivity index (χ1v) is 9.91. The van der Waals surface area contributed by atoms with Gasteiger partial charge >= 0.3 is 0 Å². The minimum absolute atomic E-state index is 0.312. The summed E-state index contributed by atoms with van der Waals surface area (Å²) in [6.45, 7) is 6.86. The molecule has 25 heavy (non-hydrogen) atoms. The summed E-state index contributed by atoms with van der Waals surface area (Å²) in [5, 5.41) is 0.770. The fourth-order valence-electron chi connectivity index (χ4n) is 3.81. The van der Waals surface area contributed by atoms with E-state index in [2.05, 4.69) is 15.9 Å². The lowest BCUT2D eigenvalue weighted by Gasteiger charge is -2.36. The van der Waals surface area contributed by atoms with Gasteiger partial charge in [0.1, 0.15) is 0 Å². The van der Waals surface area contributed by atoms with Gasteiger partial charge in [0.15, 0.2) is 0 Å². The number of likely N-dealkylation sites (tertiary alicyclic amines) is 1. The lowest BCUT2D eigenvalue weighted by atomic mass is 9.95. The molecule has 1 amide bonds. The van der Waals surface area contributed by atoms with Crippen molar-refractivity contribution in [2.24, 2.45) is 5.92 Å². The Labute approximate surface area is 156 Å². The number of rotatable bonds is 6. The Morgan fingerprint density at radius 3 is 2.64 bits per heavy atom. The van der Waals surface area contributed by atoms with E-state index in [0.717, 1.165) is 76.0 Å². The lowest BCUT2D eigenvalue weighted by molar-refractivity contribution is -0.132. The van der Waals surface area contributed by atoms with Crippen molar-refractivity contribution >= 4 is 17.5 Å². The predicted octanol–water partition coefficient (Wildman–Crippen LogP) is 3.23. The molecule has 0 saturated carbocycles. The molecule has 5 heteroatoms. The van der Waals surface area contributed by atoms with Crippen molar-refractivity contribution in [2.45, 2.75) is 32.1 Å². The normalized spacial score (nSPS) is 20.0. The molecule has 0 atom stereocenters. The molecule has 0 bridgehead atoms. The van der Waals surface area contributed by atoms with Gasteiger partial charge in [0.05, 0.1) is 13.2 Å². The van der Waals surface area contributed by atoms with Crippen molar-refractivity contribution in [3.8, 4) is 0 Å². The zero-order chi connectivity index (χ0) is 17.5. The van der Waals surface area contributed by atoms with Gasteiger partial charge in [0.25, 0.3) is 0 Å². The fraction of sp³-hybridized carbons (Fsp3) is 0.650. The molecule has 2 aliphatic rings. The monoisotopic (exact) mass is 364 g/mol. The summed E-state index contributed by atoms with van der Waals surface area (Å²) in [6.07, 6.45) is 4.72. The van der Waals surface area contributed by atoms with Crippen molar-refractivity contribution in [3.05, 3.63) is 34.9 Å². The number of aryl methyl sites for hydroxylation is 1. The molecule has 3 rings (SSSR count). The number of carbonyl (C=O) groups is 1. The first-order valence-electron chi connectivity index (χ1n) is 9.53. The Morgan fingerprint density at radius 1 is 1.16 bits per heavy atom. The summed E-state index contributed by atoms with van der Waals surface area (Å²) < 4.78 is 5.41. The number of carbonyl (C=O) groups excluding carboxylic acids is 1. The first kappa shape index (κ1) is 18.7. The molecule has 0 N–H and O–H groups in total. The van der Waals surface area contributed by atoms with Crippen molar-refractivity contribution in [3.63, 3.8) is 0 Å². The number of morpholine rings is 1. The second kappa shape index (κ2) is 9.56. The van der Waals surface area contributed by atoms with E-state index in [1.165, 1.54) is 12.1 Å². The maximum Gasteiger partial charge on any atom is 0.222 e. The molecule has 2 aliphatic heterocycles. The van der Waals surface area contributed by atoms with Gasteiger partial charge in [-0.25, -0.2) is 0 Å². The third-order valence-corrected chi connectivity index (χ3v) is 5.57. The quantitative estimate of drug-likeness (QED) is 0.776. The van der Waals surface area contributed by atoms with Gasteiger partial charge in [0, 0.05) is 44.2 Å². The summed E-state index contributed by atoms with van der Waals surface area (Å²) in [4.78, 5) is 17.0. The number of piperidine rings is 1. The van der Waals surface area contributed by atoms with E-state index >= 15 is 0 Å². The second-order valence-corrected chi connectivity index (χ2v) is 7.66. The molecule has 2 fully saturated rings. The van der Waals surface area contributed by atoms with E-state index in [9.17, 15) is 4.79 Å². The van der Waals surface area contributed by atoms with Crippen LogP contribution in [0, 0.1) is 5.92 Å². The van der Waals surface area contributed by atoms with E-state index in [1.807, 2.05) is 18.2 Å². The standard InChI is InChI=1S/C20H29ClN2O2/c21-19-5-1-3-17(15-19)4-2-6-20(24)23-9-7-18(8-10-23)16-22-11-13-25-14-12-22/h1,3,5,15,18H,2,4,6-14,16H2. The van der Waals surface area contributed by atoms with Crippen molar-refractivity contribution in [2.75, 3.05) is 45.9 Å². The summed E-state index contributed by atoms with van der Waals surface area (Å²) in [7, 11) is 0. The average Bonchev–Trinajstić information content (AvgIpc) is 2.63. The minimum atomic E-state index is 0.312. The van der Waals surface area contributed by atoms with E-state index in [0.29, 0.717) is 12.3 Å². The fourth-order valence-corrected chi connectivity index (χ4v) is 4.02. The minimum Gasteiger partial charge on any atom is -0.379 e. The SMILES string of the molecule is O=C(CCCc1cccc(Cl)c1)N1CCC(CN2CCOCC2)CC1. The van der Waals surface area contributed by atoms with Gasteiger partial charge in [-0.1, -0.05) is 23.7 Å². The average molecular weight is 365 g/mol. The molecular weight excluding hydrogens is 336 g/mol. The molecular formula is C20H29ClN2O2. The highest BCUT2D eigenvalue weighted by Crippen LogP contribution is 2.20. The van der Waals surface area contributed by atoms with Crippen molar-refractivity contribution in [1.82, 2.24) is 9.80 Å². The number of hydrogen-bond donors (Lipinski definition) is 0. The summed E-state index contributed by atoms with van der Waals surface area (Å²) >= 11 is 6.01. The number of benzene rings is 1. The summed E-state index contributed by atoms with van der Waals surface area (Å²) in [5.74, 6) is 1.04. The summed E-state index contributed by atoms with van der Waals surface area (Å²) in [6, 6.07) is 7.92. The van der Waals surface area contributed by atoms with Crippen molar-refractivity contribution in [1.29, 1.82) is 0 Å². The zero-order valence-electron chi connectivity index (χ0n) is 15.0. The highest BCUT2D eigenvalue weighted by atomic mass is 35.5. The van der Waals surface area contributed by atoms with E-state index in [1.54, 1.807) is 0 Å². The maximum absolute atomic E-state index is 12.4. The summed E-state index contributed by atoms with van der Waals surface area (Å²) in [5.41, 5.74) is 1.21. The molecule has 0 aliphatic carbocycles. The number of halogens is 1. The van der Waals surface area contributed by atoms with Crippen LogP contribution in [0.3, 0.4) is 0 Å². The molecule has 0 spiro atoms. The van der Waals surface area contributed by atoms with Crippen LogP contribution in [-0.2, 0) is 16.0 Å². The first-order chi connectivity index (χ1) is 12.2. The Bertz CT molecular complexity index is 552. The number of hydrogen-bond acceptors (Lipinski definition) is 3. The maximum atomic E-state index is 12.4. The highest BCUT2D eigenvalue weighted by Gasteiger charge is 2.24. The van der Waals surface area contributed by atoms with Gasteiger partial charge in [-0.3, -0.25) is 9.69 Å². The van der Waals surface area contributed by atoms with Crippen LogP contribution < -0.4 is 0 Å². The third kappa shape index (κ3) is 5.98. The van der Waals surface area contributed by atoms with Crippen LogP contribution in [0.2, 0.25) is 5.02 Å². The second-order valence-electron chi connectivity index (χ2n) is 7.22. The van der Waals surface area contributed by atoms with Crippen molar-refractivity contribution < 1.29 is 9.53 Å². The third-order valence-electron chi connectivity index (χ3n) is 5.33. The molecule has 0 radical (unpaired) electrons. The molecule has 4 nitrogen and oxygen atoms in total. The Kier molecular flexibility index (Phi) is 7.14. The lowest BCUT2D eigenvalue weighted by Crippen LogP contribution is -2.44. The molecule has 138 valence electrons. The largest absolute Gasteiger partial charge is 0.379 e. The van der Waals surface area contributed by atoms with Crippen LogP contribution in [0.25, 0.3) is 0 Å². The topological polar surface area (TPSA) is 32.8 Å². The van der Waals surface area contributed by atoms with Crippen LogP contribution >= 0.6 is 11.6 Å².